The van der Waals surface area contributed by atoms with Crippen molar-refractivity contribution in [2.45, 2.75) is 18.3 Å². The molecule has 0 bridgehead atoms. The molecule has 2 aromatic rings. The van der Waals surface area contributed by atoms with Crippen molar-refractivity contribution in [3.8, 4) is 0 Å². The predicted octanol–water partition coefficient (Wildman–Crippen LogP) is 3.87. The van der Waals surface area contributed by atoms with Crippen LogP contribution in [0.2, 0.25) is 0 Å². The third kappa shape index (κ3) is 3.15. The molecule has 0 unspecified atom stereocenters. The first-order valence-electron chi connectivity index (χ1n) is 7.39. The Morgan fingerprint density at radius 3 is 2.22 bits per heavy atom. The third-order valence-electron chi connectivity index (χ3n) is 4.26. The number of carboxylic acid groups (broad SMARTS) is 1. The molecule has 118 valence electrons. The Kier molecular flexibility index (Phi) is 4.22. The lowest BCUT2D eigenvalue weighted by Gasteiger charge is -2.30. The maximum atomic E-state index is 11.8. The van der Waals surface area contributed by atoms with Crippen LogP contribution in [-0.4, -0.2) is 27.5 Å². The van der Waals surface area contributed by atoms with E-state index in [1.165, 1.54) is 18.4 Å². The second kappa shape index (κ2) is 6.16. The predicted molar refractivity (Wildman–Crippen MR) is 90.7 cm³/mol. The second-order valence-electron chi connectivity index (χ2n) is 5.82. The van der Waals surface area contributed by atoms with Crippen LogP contribution >= 0.6 is 16.1 Å². The Labute approximate surface area is 143 Å². The van der Waals surface area contributed by atoms with Gasteiger partial charge in [-0.15, -0.1) is 0 Å². The minimum Gasteiger partial charge on any atom is -0.478 e. The van der Waals surface area contributed by atoms with E-state index in [1.54, 1.807) is 34.3 Å². The van der Waals surface area contributed by atoms with Gasteiger partial charge in [-0.1, -0.05) is 36.4 Å². The van der Waals surface area contributed by atoms with E-state index in [1.807, 2.05) is 18.2 Å². The first-order chi connectivity index (χ1) is 11.0. The summed E-state index contributed by atoms with van der Waals surface area (Å²) in [7, 11) is 0. The maximum absolute atomic E-state index is 11.8. The fourth-order valence-corrected chi connectivity index (χ4v) is 3.52. The number of nitrogens with zero attached hydrogens (tertiary/aromatic N) is 1. The van der Waals surface area contributed by atoms with Crippen molar-refractivity contribution in [2.75, 3.05) is 6.54 Å². The summed E-state index contributed by atoms with van der Waals surface area (Å²) < 4.78 is 1.67. The van der Waals surface area contributed by atoms with Gasteiger partial charge in [0.15, 0.2) is 0 Å². The number of aromatic carboxylic acids is 1. The Morgan fingerprint density at radius 1 is 1.04 bits per heavy atom. The van der Waals surface area contributed by atoms with Crippen LogP contribution in [0.25, 0.3) is 0 Å². The zero-order valence-corrected chi connectivity index (χ0v) is 14.0. The Bertz CT molecular complexity index is 741. The van der Waals surface area contributed by atoms with Crippen LogP contribution in [0.5, 0.6) is 0 Å². The van der Waals surface area contributed by atoms with E-state index in [-0.39, 0.29) is 11.3 Å². The topological polar surface area (TPSA) is 57.6 Å². The van der Waals surface area contributed by atoms with Crippen molar-refractivity contribution >= 4 is 28.0 Å². The van der Waals surface area contributed by atoms with Gasteiger partial charge in [0.2, 0.25) is 0 Å². The molecule has 1 heterocycles. The highest BCUT2D eigenvalue weighted by Gasteiger charge is 2.50. The summed E-state index contributed by atoms with van der Waals surface area (Å²) in [4.78, 5) is 22.0. The van der Waals surface area contributed by atoms with Gasteiger partial charge in [-0.3, -0.25) is 8.72 Å². The number of benzene rings is 2. The highest BCUT2D eigenvalue weighted by Crippen LogP contribution is 2.52. The van der Waals surface area contributed by atoms with E-state index < -0.39 is 5.97 Å². The molecule has 1 N–H and O–H groups in total. The standard InChI is InChI=1S/C11H10BrNO.C7H6O2/c12-13-7-11(5-6-11)9-4-2-1-3-8(9)10(13)14;8-7(9)6-4-2-1-3-5-6/h1-4H,5-7H2;1-5H,(H,8,9). The highest BCUT2D eigenvalue weighted by atomic mass is 79.9. The van der Waals surface area contributed by atoms with E-state index in [9.17, 15) is 9.59 Å². The smallest absolute Gasteiger partial charge is 0.335 e. The van der Waals surface area contributed by atoms with E-state index in [0.29, 0.717) is 5.56 Å². The number of carbonyl (C=O) groups excluding carboxylic acids is 1. The van der Waals surface area contributed by atoms with E-state index >= 15 is 0 Å². The van der Waals surface area contributed by atoms with E-state index in [2.05, 4.69) is 22.2 Å². The molecule has 4 rings (SSSR count). The quantitative estimate of drug-likeness (QED) is 0.771. The highest BCUT2D eigenvalue weighted by molar-refractivity contribution is 9.07. The monoisotopic (exact) mass is 373 g/mol. The summed E-state index contributed by atoms with van der Waals surface area (Å²) in [5.74, 6) is -0.784. The van der Waals surface area contributed by atoms with Gasteiger partial charge >= 0.3 is 5.97 Å². The molecule has 0 radical (unpaired) electrons. The molecule has 0 saturated heterocycles. The first-order valence-corrected chi connectivity index (χ1v) is 8.10. The lowest BCUT2D eigenvalue weighted by atomic mass is 9.88. The largest absolute Gasteiger partial charge is 0.478 e. The molecular weight excluding hydrogens is 358 g/mol. The number of amides is 1. The van der Waals surface area contributed by atoms with Crippen molar-refractivity contribution in [1.29, 1.82) is 0 Å². The minimum absolute atomic E-state index is 0.0955. The fourth-order valence-electron chi connectivity index (χ4n) is 2.84. The van der Waals surface area contributed by atoms with Crippen molar-refractivity contribution in [3.05, 3.63) is 71.3 Å². The summed E-state index contributed by atoms with van der Waals surface area (Å²) in [5.41, 5.74) is 2.72. The van der Waals surface area contributed by atoms with Crippen LogP contribution in [0.4, 0.5) is 0 Å². The molecule has 1 amide bonds. The number of fused-ring (bicyclic) bond motifs is 2. The summed E-state index contributed by atoms with van der Waals surface area (Å²) >= 11 is 3.32. The van der Waals surface area contributed by atoms with Crippen LogP contribution in [0.15, 0.2) is 54.6 Å². The molecule has 4 nitrogen and oxygen atoms in total. The van der Waals surface area contributed by atoms with E-state index in [0.717, 1.165) is 12.1 Å². The van der Waals surface area contributed by atoms with E-state index in [4.69, 9.17) is 5.11 Å². The van der Waals surface area contributed by atoms with Gasteiger partial charge in [0.05, 0.1) is 21.7 Å². The Morgan fingerprint density at radius 2 is 1.65 bits per heavy atom. The molecular formula is C18H16BrNO3. The molecule has 2 aromatic carbocycles. The maximum Gasteiger partial charge on any atom is 0.335 e. The van der Waals surface area contributed by atoms with Crippen LogP contribution < -0.4 is 0 Å². The summed E-state index contributed by atoms with van der Waals surface area (Å²) in [6, 6.07) is 16.3. The average Bonchev–Trinajstić information content (AvgIpc) is 3.35. The van der Waals surface area contributed by atoms with Gasteiger partial charge in [0.25, 0.3) is 5.91 Å². The molecule has 2 aliphatic rings. The molecule has 0 atom stereocenters. The zero-order valence-electron chi connectivity index (χ0n) is 12.4. The third-order valence-corrected chi connectivity index (χ3v) is 4.84. The number of rotatable bonds is 1. The summed E-state index contributed by atoms with van der Waals surface area (Å²) in [6.07, 6.45) is 2.42. The van der Waals surface area contributed by atoms with Crippen LogP contribution in [0, 0.1) is 0 Å². The number of carbonyl (C=O) groups is 2. The molecule has 1 saturated carbocycles. The van der Waals surface area contributed by atoms with Gasteiger partial charge in [0, 0.05) is 17.5 Å². The lowest BCUT2D eigenvalue weighted by Crippen LogP contribution is -2.37. The molecule has 1 aliphatic heterocycles. The van der Waals surface area contributed by atoms with Gasteiger partial charge < -0.3 is 5.11 Å². The van der Waals surface area contributed by atoms with Crippen LogP contribution in [0.3, 0.4) is 0 Å². The normalized spacial score (nSPS) is 17.1. The SMILES string of the molecule is O=C(O)c1ccccc1.O=C1c2ccccc2C2(CC2)CN1Br. The minimum atomic E-state index is -0.879. The zero-order chi connectivity index (χ0) is 16.4. The van der Waals surface area contributed by atoms with Crippen molar-refractivity contribution in [3.63, 3.8) is 0 Å². The number of hydrogen-bond donors (Lipinski definition) is 1. The number of hydrogen-bond acceptors (Lipinski definition) is 2. The summed E-state index contributed by atoms with van der Waals surface area (Å²) in [5, 5.41) is 8.38. The Balaban J connectivity index is 0.000000151. The van der Waals surface area contributed by atoms with Crippen molar-refractivity contribution in [2.24, 2.45) is 0 Å². The summed E-state index contributed by atoms with van der Waals surface area (Å²) in [6.45, 7) is 0.822. The molecule has 5 heteroatoms. The number of halogens is 1. The fraction of sp³-hybridized carbons (Fsp3) is 0.222. The van der Waals surface area contributed by atoms with Crippen LogP contribution in [-0.2, 0) is 5.41 Å². The molecule has 23 heavy (non-hydrogen) atoms. The van der Waals surface area contributed by atoms with Crippen molar-refractivity contribution in [1.82, 2.24) is 3.93 Å². The van der Waals surface area contributed by atoms with Gasteiger partial charge in [-0.2, -0.15) is 0 Å². The second-order valence-corrected chi connectivity index (χ2v) is 6.68. The van der Waals surface area contributed by atoms with Gasteiger partial charge in [0.1, 0.15) is 0 Å². The molecule has 1 spiro atoms. The van der Waals surface area contributed by atoms with Crippen LogP contribution in [0.1, 0.15) is 39.1 Å². The molecule has 0 aromatic heterocycles. The van der Waals surface area contributed by atoms with Gasteiger partial charge in [-0.25, -0.2) is 4.79 Å². The number of carboxylic acids is 1. The average molecular weight is 374 g/mol. The van der Waals surface area contributed by atoms with Gasteiger partial charge in [-0.05, 0) is 36.6 Å². The first kappa shape index (κ1) is 15.7. The molecule has 1 aliphatic carbocycles. The lowest BCUT2D eigenvalue weighted by molar-refractivity contribution is 0.0696. The Hall–Kier alpha value is -2.14. The van der Waals surface area contributed by atoms with Crippen molar-refractivity contribution < 1.29 is 14.7 Å². The molecule has 1 fully saturated rings.